The third-order valence-electron chi connectivity index (χ3n) is 4.82. The summed E-state index contributed by atoms with van der Waals surface area (Å²) in [5, 5.41) is 1.91. The van der Waals surface area contributed by atoms with Gasteiger partial charge in [0, 0.05) is 37.0 Å². The van der Waals surface area contributed by atoms with Gasteiger partial charge in [-0.15, -0.1) is 11.3 Å². The number of aromatic nitrogens is 2. The fourth-order valence-corrected chi connectivity index (χ4v) is 4.64. The molecule has 1 aliphatic rings. The molecule has 1 aromatic carbocycles. The Bertz CT molecular complexity index is 861. The van der Waals surface area contributed by atoms with Crippen LogP contribution >= 0.6 is 22.9 Å². The summed E-state index contributed by atoms with van der Waals surface area (Å²) < 4.78 is 1.23. The molecule has 1 unspecified atom stereocenters. The Morgan fingerprint density at radius 3 is 3.04 bits per heavy atom. The van der Waals surface area contributed by atoms with Crippen LogP contribution in [0.4, 0.5) is 0 Å². The zero-order chi connectivity index (χ0) is 16.5. The van der Waals surface area contributed by atoms with Gasteiger partial charge in [-0.2, -0.15) is 0 Å². The van der Waals surface area contributed by atoms with Gasteiger partial charge in [0.05, 0.1) is 20.2 Å². The van der Waals surface area contributed by atoms with E-state index in [9.17, 15) is 0 Å². The van der Waals surface area contributed by atoms with Crippen molar-refractivity contribution in [1.29, 1.82) is 0 Å². The standard InChI is InChI=1S/C19H20ClN3S/c1-13-3-2-9-23(13)10-7-19-22-17-5-4-14(11-18(17)24-19)15-6-8-21-12-16(15)20/h4-6,8,11-13H,2-3,7,9-10H2,1H3. The summed E-state index contributed by atoms with van der Waals surface area (Å²) in [6.07, 6.45) is 7.17. The number of rotatable bonds is 4. The molecule has 1 aliphatic heterocycles. The van der Waals surface area contributed by atoms with Gasteiger partial charge in [0.2, 0.25) is 0 Å². The number of thiazole rings is 1. The normalized spacial score (nSPS) is 18.5. The van der Waals surface area contributed by atoms with Gasteiger partial charge in [0.25, 0.3) is 0 Å². The third-order valence-corrected chi connectivity index (χ3v) is 6.20. The van der Waals surface area contributed by atoms with Crippen LogP contribution in [-0.2, 0) is 6.42 Å². The summed E-state index contributed by atoms with van der Waals surface area (Å²) in [6.45, 7) is 4.68. The van der Waals surface area contributed by atoms with Crippen LogP contribution in [0.5, 0.6) is 0 Å². The Hall–Kier alpha value is -1.49. The number of nitrogens with zero attached hydrogens (tertiary/aromatic N) is 3. The number of pyridine rings is 1. The third kappa shape index (κ3) is 3.18. The number of halogens is 1. The smallest absolute Gasteiger partial charge is 0.0951 e. The van der Waals surface area contributed by atoms with E-state index in [4.69, 9.17) is 16.6 Å². The molecule has 3 nitrogen and oxygen atoms in total. The molecular weight excluding hydrogens is 338 g/mol. The predicted octanol–water partition coefficient (Wildman–Crippen LogP) is 5.04. The maximum atomic E-state index is 6.27. The number of benzene rings is 1. The highest BCUT2D eigenvalue weighted by atomic mass is 35.5. The zero-order valence-electron chi connectivity index (χ0n) is 13.7. The molecule has 1 saturated heterocycles. The van der Waals surface area contributed by atoms with Crippen molar-refractivity contribution in [2.24, 2.45) is 0 Å². The molecule has 0 aliphatic carbocycles. The fourth-order valence-electron chi connectivity index (χ4n) is 3.42. The van der Waals surface area contributed by atoms with Crippen LogP contribution < -0.4 is 0 Å². The molecule has 0 N–H and O–H groups in total. The highest BCUT2D eigenvalue weighted by Gasteiger charge is 2.20. The second-order valence-electron chi connectivity index (χ2n) is 6.42. The van der Waals surface area contributed by atoms with Gasteiger partial charge in [-0.25, -0.2) is 4.98 Å². The summed E-state index contributed by atoms with van der Waals surface area (Å²) in [4.78, 5) is 11.4. The Balaban J connectivity index is 1.56. The van der Waals surface area contributed by atoms with E-state index in [0.29, 0.717) is 5.02 Å². The molecule has 3 heterocycles. The van der Waals surface area contributed by atoms with E-state index < -0.39 is 0 Å². The van der Waals surface area contributed by atoms with Crippen molar-refractivity contribution in [2.45, 2.75) is 32.2 Å². The Kier molecular flexibility index (Phi) is 4.53. The minimum atomic E-state index is 0.685. The highest BCUT2D eigenvalue weighted by Crippen LogP contribution is 2.32. The maximum Gasteiger partial charge on any atom is 0.0951 e. The number of hydrogen-bond acceptors (Lipinski definition) is 4. The van der Waals surface area contributed by atoms with Crippen LogP contribution in [0.1, 0.15) is 24.8 Å². The lowest BCUT2D eigenvalue weighted by Gasteiger charge is -2.19. The molecule has 1 atom stereocenters. The fraction of sp³-hybridized carbons (Fsp3) is 0.368. The lowest BCUT2D eigenvalue weighted by molar-refractivity contribution is 0.272. The topological polar surface area (TPSA) is 29.0 Å². The maximum absolute atomic E-state index is 6.27. The number of hydrogen-bond donors (Lipinski definition) is 0. The minimum Gasteiger partial charge on any atom is -0.300 e. The molecule has 3 aromatic rings. The van der Waals surface area contributed by atoms with Crippen LogP contribution in [0.2, 0.25) is 5.02 Å². The van der Waals surface area contributed by atoms with Crippen molar-refractivity contribution in [3.8, 4) is 11.1 Å². The van der Waals surface area contributed by atoms with E-state index >= 15 is 0 Å². The van der Waals surface area contributed by atoms with Crippen molar-refractivity contribution in [1.82, 2.24) is 14.9 Å². The van der Waals surface area contributed by atoms with Crippen molar-refractivity contribution in [3.05, 3.63) is 46.7 Å². The molecule has 0 amide bonds. The molecule has 0 radical (unpaired) electrons. The van der Waals surface area contributed by atoms with Gasteiger partial charge < -0.3 is 4.90 Å². The van der Waals surface area contributed by atoms with Crippen LogP contribution in [0.3, 0.4) is 0 Å². The van der Waals surface area contributed by atoms with Gasteiger partial charge in [0.1, 0.15) is 0 Å². The van der Waals surface area contributed by atoms with E-state index in [1.807, 2.05) is 6.07 Å². The van der Waals surface area contributed by atoms with Crippen LogP contribution in [0, 0.1) is 0 Å². The largest absolute Gasteiger partial charge is 0.300 e. The van der Waals surface area contributed by atoms with Crippen molar-refractivity contribution >= 4 is 33.2 Å². The lowest BCUT2D eigenvalue weighted by Crippen LogP contribution is -2.28. The van der Waals surface area contributed by atoms with Crippen LogP contribution in [0.25, 0.3) is 21.3 Å². The predicted molar refractivity (Wildman–Crippen MR) is 102 cm³/mol. The molecule has 0 saturated carbocycles. The summed E-state index contributed by atoms with van der Waals surface area (Å²) in [5.41, 5.74) is 3.23. The average Bonchev–Trinajstić information content (AvgIpc) is 3.18. The summed E-state index contributed by atoms with van der Waals surface area (Å²) in [6, 6.07) is 9.06. The number of likely N-dealkylation sites (tertiary alicyclic amines) is 1. The monoisotopic (exact) mass is 357 g/mol. The van der Waals surface area contributed by atoms with E-state index in [1.165, 1.54) is 29.1 Å². The van der Waals surface area contributed by atoms with Crippen molar-refractivity contribution in [3.63, 3.8) is 0 Å². The van der Waals surface area contributed by atoms with Gasteiger partial charge in [-0.1, -0.05) is 17.7 Å². The molecule has 4 rings (SSSR count). The van der Waals surface area contributed by atoms with E-state index in [0.717, 1.165) is 35.7 Å². The van der Waals surface area contributed by atoms with Gasteiger partial charge in [-0.3, -0.25) is 4.98 Å². The summed E-state index contributed by atoms with van der Waals surface area (Å²) >= 11 is 8.07. The van der Waals surface area contributed by atoms with Crippen molar-refractivity contribution in [2.75, 3.05) is 13.1 Å². The van der Waals surface area contributed by atoms with Crippen LogP contribution in [-0.4, -0.2) is 34.0 Å². The van der Waals surface area contributed by atoms with Crippen molar-refractivity contribution < 1.29 is 0 Å². The van der Waals surface area contributed by atoms with Gasteiger partial charge >= 0.3 is 0 Å². The first-order chi connectivity index (χ1) is 11.7. The second kappa shape index (κ2) is 6.79. The molecule has 1 fully saturated rings. The Morgan fingerprint density at radius 2 is 2.25 bits per heavy atom. The summed E-state index contributed by atoms with van der Waals surface area (Å²) in [5.74, 6) is 0. The quantitative estimate of drug-likeness (QED) is 0.655. The molecule has 124 valence electrons. The number of fused-ring (bicyclic) bond motifs is 1. The molecule has 0 bridgehead atoms. The SMILES string of the molecule is CC1CCCN1CCc1nc2ccc(-c3ccncc3Cl)cc2s1. The van der Waals surface area contributed by atoms with Crippen LogP contribution in [0.15, 0.2) is 36.7 Å². The first-order valence-corrected chi connectivity index (χ1v) is 9.63. The molecular formula is C19H20ClN3S. The lowest BCUT2D eigenvalue weighted by atomic mass is 10.1. The zero-order valence-corrected chi connectivity index (χ0v) is 15.3. The van der Waals surface area contributed by atoms with E-state index in [2.05, 4.69) is 35.0 Å². The Labute approximate surface area is 151 Å². The van der Waals surface area contributed by atoms with Gasteiger partial charge in [0.15, 0.2) is 0 Å². The summed E-state index contributed by atoms with van der Waals surface area (Å²) in [7, 11) is 0. The second-order valence-corrected chi connectivity index (χ2v) is 7.95. The molecule has 24 heavy (non-hydrogen) atoms. The molecule has 0 spiro atoms. The first kappa shape index (κ1) is 16.0. The molecule has 5 heteroatoms. The highest BCUT2D eigenvalue weighted by molar-refractivity contribution is 7.18. The minimum absolute atomic E-state index is 0.685. The van der Waals surface area contributed by atoms with Gasteiger partial charge in [-0.05, 0) is 50.1 Å². The Morgan fingerprint density at radius 1 is 1.33 bits per heavy atom. The first-order valence-electron chi connectivity index (χ1n) is 8.44. The van der Waals surface area contributed by atoms with E-state index in [-0.39, 0.29) is 0 Å². The van der Waals surface area contributed by atoms with E-state index in [1.54, 1.807) is 23.7 Å². The molecule has 2 aromatic heterocycles. The average molecular weight is 358 g/mol.